The Balaban J connectivity index is 5.00. The van der Waals surface area contributed by atoms with E-state index in [0.717, 1.165) is 12.8 Å². The molecule has 0 spiro atoms. The van der Waals surface area contributed by atoms with Gasteiger partial charge < -0.3 is 0 Å². The third kappa shape index (κ3) is 5.51. The van der Waals surface area contributed by atoms with Gasteiger partial charge in [0.1, 0.15) is 0 Å². The molecule has 1 atom stereocenters. The summed E-state index contributed by atoms with van der Waals surface area (Å²) in [5.74, 6) is -1.17. The van der Waals surface area contributed by atoms with Crippen molar-refractivity contribution in [1.29, 1.82) is 0 Å². The van der Waals surface area contributed by atoms with Gasteiger partial charge in [-0.1, -0.05) is 26.7 Å². The van der Waals surface area contributed by atoms with E-state index in [0.29, 0.717) is 12.8 Å². The van der Waals surface area contributed by atoms with E-state index in [4.69, 9.17) is 0 Å². The van der Waals surface area contributed by atoms with Crippen molar-refractivity contribution in [2.45, 2.75) is 52.4 Å². The molecule has 0 radical (unpaired) electrons. The standard InChI is InChI=1S/C13H18N2O4/c1-3-5-7-13(4-2,12(19)15-10-17)8-6-11(18)14-9-16/h3-8H2,1-2H3. The second-order valence-corrected chi connectivity index (χ2v) is 4.34. The summed E-state index contributed by atoms with van der Waals surface area (Å²) in [6.45, 7) is 3.79. The third-order valence-corrected chi connectivity index (χ3v) is 3.27. The van der Waals surface area contributed by atoms with E-state index < -0.39 is 17.2 Å². The molecule has 0 aromatic rings. The summed E-state index contributed by atoms with van der Waals surface area (Å²) in [4.78, 5) is 49.5. The van der Waals surface area contributed by atoms with Crippen LogP contribution in [0.4, 0.5) is 0 Å². The van der Waals surface area contributed by atoms with Crippen molar-refractivity contribution in [2.75, 3.05) is 0 Å². The first-order valence-electron chi connectivity index (χ1n) is 6.29. The van der Waals surface area contributed by atoms with E-state index in [1.807, 2.05) is 6.92 Å². The molecule has 0 bridgehead atoms. The molecule has 0 saturated carbocycles. The minimum atomic E-state index is -0.846. The topological polar surface area (TPSA) is 93.0 Å². The molecule has 0 saturated heterocycles. The number of isocyanates is 2. The molecule has 19 heavy (non-hydrogen) atoms. The maximum atomic E-state index is 11.9. The first kappa shape index (κ1) is 17.1. The third-order valence-electron chi connectivity index (χ3n) is 3.27. The summed E-state index contributed by atoms with van der Waals surface area (Å²) in [6.07, 6.45) is 5.30. The summed E-state index contributed by atoms with van der Waals surface area (Å²) >= 11 is 0. The van der Waals surface area contributed by atoms with Gasteiger partial charge in [-0.15, -0.1) is 9.98 Å². The summed E-state index contributed by atoms with van der Waals surface area (Å²) in [7, 11) is 0. The maximum Gasteiger partial charge on any atom is 0.262 e. The smallest absolute Gasteiger partial charge is 0.262 e. The minimum Gasteiger partial charge on any atom is -0.272 e. The quantitative estimate of drug-likeness (QED) is 0.496. The Hall–Kier alpha value is -1.90. The van der Waals surface area contributed by atoms with Crippen molar-refractivity contribution in [1.82, 2.24) is 0 Å². The fourth-order valence-electron chi connectivity index (χ4n) is 1.97. The van der Waals surface area contributed by atoms with E-state index in [1.54, 1.807) is 6.92 Å². The number of aliphatic imine (C=N–C) groups is 2. The number of carbonyl (C=O) groups is 2. The first-order valence-corrected chi connectivity index (χ1v) is 6.29. The van der Waals surface area contributed by atoms with Gasteiger partial charge in [0.15, 0.2) is 0 Å². The lowest BCUT2D eigenvalue weighted by Crippen LogP contribution is -2.30. The zero-order chi connectivity index (χ0) is 14.7. The molecule has 6 nitrogen and oxygen atoms in total. The van der Waals surface area contributed by atoms with Crippen molar-refractivity contribution in [2.24, 2.45) is 15.4 Å². The molecular formula is C13H18N2O4. The van der Waals surface area contributed by atoms with E-state index >= 15 is 0 Å². The fraction of sp³-hybridized carbons (Fsp3) is 0.692. The Morgan fingerprint density at radius 2 is 1.68 bits per heavy atom. The van der Waals surface area contributed by atoms with Crippen LogP contribution >= 0.6 is 0 Å². The van der Waals surface area contributed by atoms with Gasteiger partial charge in [0.25, 0.3) is 11.8 Å². The second kappa shape index (κ2) is 9.09. The Morgan fingerprint density at radius 3 is 2.16 bits per heavy atom. The molecule has 0 aliphatic heterocycles. The molecule has 0 aliphatic rings. The highest BCUT2D eigenvalue weighted by atomic mass is 16.2. The molecular weight excluding hydrogens is 248 g/mol. The normalized spacial score (nSPS) is 12.7. The molecule has 2 amide bonds. The average molecular weight is 266 g/mol. The highest BCUT2D eigenvalue weighted by Crippen LogP contribution is 2.35. The number of rotatable bonds is 8. The highest BCUT2D eigenvalue weighted by Gasteiger charge is 2.36. The first-order chi connectivity index (χ1) is 9.06. The predicted octanol–water partition coefficient (Wildman–Crippen LogP) is 2.08. The molecule has 0 aliphatic carbocycles. The predicted molar refractivity (Wildman–Crippen MR) is 67.7 cm³/mol. The van der Waals surface area contributed by atoms with Crippen LogP contribution in [0.5, 0.6) is 0 Å². The van der Waals surface area contributed by atoms with Crippen LogP contribution in [0.25, 0.3) is 0 Å². The minimum absolute atomic E-state index is 0.0348. The largest absolute Gasteiger partial charge is 0.272 e. The van der Waals surface area contributed by atoms with Gasteiger partial charge >= 0.3 is 0 Å². The van der Waals surface area contributed by atoms with E-state index in [9.17, 15) is 19.2 Å². The van der Waals surface area contributed by atoms with Gasteiger partial charge in [0.05, 0.1) is 5.41 Å². The van der Waals surface area contributed by atoms with Gasteiger partial charge in [-0.25, -0.2) is 9.59 Å². The Morgan fingerprint density at radius 1 is 1.05 bits per heavy atom. The number of amides is 2. The van der Waals surface area contributed by atoms with Crippen molar-refractivity contribution in [3.8, 4) is 0 Å². The lowest BCUT2D eigenvalue weighted by molar-refractivity contribution is -0.129. The Bertz CT molecular complexity index is 420. The Kier molecular flexibility index (Phi) is 8.18. The average Bonchev–Trinajstić information content (AvgIpc) is 2.40. The number of hydrogen-bond acceptors (Lipinski definition) is 4. The monoisotopic (exact) mass is 266 g/mol. The number of carbonyl (C=O) groups excluding carboxylic acids is 4. The van der Waals surface area contributed by atoms with Crippen LogP contribution < -0.4 is 0 Å². The van der Waals surface area contributed by atoms with Crippen molar-refractivity contribution in [3.63, 3.8) is 0 Å². The summed E-state index contributed by atoms with van der Waals surface area (Å²) in [6, 6.07) is 0. The van der Waals surface area contributed by atoms with Crippen LogP contribution in [-0.2, 0) is 19.2 Å². The summed E-state index contributed by atoms with van der Waals surface area (Å²) in [5, 5.41) is 0. The number of nitrogens with zero attached hydrogens (tertiary/aromatic N) is 2. The van der Waals surface area contributed by atoms with Gasteiger partial charge in [0, 0.05) is 6.42 Å². The molecule has 0 fully saturated rings. The maximum absolute atomic E-state index is 11.9. The second-order valence-electron chi connectivity index (χ2n) is 4.34. The van der Waals surface area contributed by atoms with Crippen molar-refractivity contribution >= 4 is 24.0 Å². The molecule has 0 aromatic heterocycles. The van der Waals surface area contributed by atoms with E-state index in [-0.39, 0.29) is 12.8 Å². The highest BCUT2D eigenvalue weighted by molar-refractivity contribution is 5.88. The van der Waals surface area contributed by atoms with Gasteiger partial charge in [0.2, 0.25) is 12.2 Å². The lowest BCUT2D eigenvalue weighted by atomic mass is 9.75. The molecule has 1 unspecified atom stereocenters. The Labute approximate surface area is 112 Å². The fourth-order valence-corrected chi connectivity index (χ4v) is 1.97. The molecule has 6 heteroatoms. The van der Waals surface area contributed by atoms with Gasteiger partial charge in [-0.05, 0) is 19.3 Å². The SMILES string of the molecule is CCCCC(CC)(CCC(=O)N=C=O)C(=O)N=C=O. The molecule has 104 valence electrons. The number of unbranched alkanes of at least 4 members (excludes halogenated alkanes) is 1. The van der Waals surface area contributed by atoms with E-state index in [2.05, 4.69) is 9.98 Å². The zero-order valence-corrected chi connectivity index (χ0v) is 11.3. The number of hydrogen-bond donors (Lipinski definition) is 0. The molecule has 0 heterocycles. The van der Waals surface area contributed by atoms with Crippen molar-refractivity contribution in [3.05, 3.63) is 0 Å². The van der Waals surface area contributed by atoms with Gasteiger partial charge in [-0.2, -0.15) is 0 Å². The van der Waals surface area contributed by atoms with Crippen molar-refractivity contribution < 1.29 is 19.2 Å². The van der Waals surface area contributed by atoms with Crippen LogP contribution in [0.3, 0.4) is 0 Å². The van der Waals surface area contributed by atoms with Crippen LogP contribution in [0, 0.1) is 5.41 Å². The van der Waals surface area contributed by atoms with Crippen LogP contribution in [0.2, 0.25) is 0 Å². The lowest BCUT2D eigenvalue weighted by Gasteiger charge is -2.28. The van der Waals surface area contributed by atoms with Crippen LogP contribution in [0.15, 0.2) is 9.98 Å². The summed E-state index contributed by atoms with van der Waals surface area (Å²) in [5.41, 5.74) is -0.846. The summed E-state index contributed by atoms with van der Waals surface area (Å²) < 4.78 is 0. The van der Waals surface area contributed by atoms with Gasteiger partial charge in [-0.3, -0.25) is 9.59 Å². The van der Waals surface area contributed by atoms with E-state index in [1.165, 1.54) is 12.2 Å². The molecule has 0 N–H and O–H groups in total. The van der Waals surface area contributed by atoms with Crippen LogP contribution in [0.1, 0.15) is 52.4 Å². The zero-order valence-electron chi connectivity index (χ0n) is 11.3. The molecule has 0 aromatic carbocycles. The molecule has 0 rings (SSSR count). The van der Waals surface area contributed by atoms with Crippen LogP contribution in [-0.4, -0.2) is 24.0 Å².